The molecule has 0 aliphatic carbocycles. The van der Waals surface area contributed by atoms with Crippen LogP contribution in [0.4, 0.5) is 10.1 Å². The molecule has 0 spiro atoms. The molecule has 2 rings (SSSR count). The number of hydrogen-bond donors (Lipinski definition) is 1. The van der Waals surface area contributed by atoms with Crippen LogP contribution in [-0.2, 0) is 6.54 Å². The van der Waals surface area contributed by atoms with Crippen LogP contribution in [0.5, 0.6) is 0 Å². The number of carbonyl (C=O) groups is 1. The van der Waals surface area contributed by atoms with E-state index in [4.69, 9.17) is 0 Å². The van der Waals surface area contributed by atoms with Crippen molar-refractivity contribution in [3.8, 4) is 0 Å². The third-order valence-electron chi connectivity index (χ3n) is 2.40. The second-order valence-corrected chi connectivity index (χ2v) is 4.52. The lowest BCUT2D eigenvalue weighted by atomic mass is 10.2. The van der Waals surface area contributed by atoms with E-state index in [9.17, 15) is 9.18 Å². The van der Waals surface area contributed by atoms with Gasteiger partial charge in [0.25, 0.3) is 5.91 Å². The fourth-order valence-electron chi connectivity index (χ4n) is 1.44. The van der Waals surface area contributed by atoms with Crippen LogP contribution < -0.4 is 5.32 Å². The van der Waals surface area contributed by atoms with E-state index in [1.807, 2.05) is 6.92 Å². The molecular formula is C12H11BrFN3O. The summed E-state index contributed by atoms with van der Waals surface area (Å²) < 4.78 is 15.3. The van der Waals surface area contributed by atoms with Crippen LogP contribution in [0, 0.1) is 5.82 Å². The highest BCUT2D eigenvalue weighted by Gasteiger charge is 2.09. The third kappa shape index (κ3) is 2.76. The summed E-state index contributed by atoms with van der Waals surface area (Å²) in [6, 6.07) is 4.23. The molecule has 0 aliphatic rings. The highest BCUT2D eigenvalue weighted by molar-refractivity contribution is 9.10. The zero-order valence-corrected chi connectivity index (χ0v) is 11.2. The van der Waals surface area contributed by atoms with Crippen molar-refractivity contribution in [3.05, 3.63) is 46.4 Å². The van der Waals surface area contributed by atoms with Gasteiger partial charge in [0.05, 0.1) is 16.4 Å². The number of nitrogens with zero attached hydrogens (tertiary/aromatic N) is 2. The molecule has 6 heteroatoms. The summed E-state index contributed by atoms with van der Waals surface area (Å²) in [6.07, 6.45) is 3.27. The lowest BCUT2D eigenvalue weighted by Crippen LogP contribution is -2.11. The molecule has 1 aromatic heterocycles. The molecule has 0 fully saturated rings. The summed E-state index contributed by atoms with van der Waals surface area (Å²) in [7, 11) is 0. The Morgan fingerprint density at radius 1 is 1.56 bits per heavy atom. The number of anilines is 1. The second kappa shape index (κ2) is 5.30. The predicted octanol–water partition coefficient (Wildman–Crippen LogP) is 3.06. The summed E-state index contributed by atoms with van der Waals surface area (Å²) in [6.45, 7) is 2.67. The van der Waals surface area contributed by atoms with Gasteiger partial charge in [-0.3, -0.25) is 9.48 Å². The Labute approximate surface area is 112 Å². The number of halogens is 2. The first-order chi connectivity index (χ1) is 8.60. The molecule has 1 heterocycles. The van der Waals surface area contributed by atoms with Crippen molar-refractivity contribution < 1.29 is 9.18 Å². The Bertz CT molecular complexity index is 582. The van der Waals surface area contributed by atoms with Gasteiger partial charge in [0.2, 0.25) is 0 Å². The number of rotatable bonds is 3. The SMILES string of the molecule is CCn1cc(NC(=O)c2ccc(Br)c(F)c2)cn1. The highest BCUT2D eigenvalue weighted by Crippen LogP contribution is 2.17. The van der Waals surface area contributed by atoms with Crippen LogP contribution >= 0.6 is 15.9 Å². The maximum absolute atomic E-state index is 13.3. The van der Waals surface area contributed by atoms with Gasteiger partial charge in [0.1, 0.15) is 5.82 Å². The van der Waals surface area contributed by atoms with Crippen molar-refractivity contribution in [2.24, 2.45) is 0 Å². The number of hydrogen-bond acceptors (Lipinski definition) is 2. The quantitative estimate of drug-likeness (QED) is 0.947. The molecular weight excluding hydrogens is 301 g/mol. The number of benzene rings is 1. The minimum atomic E-state index is -0.466. The normalized spacial score (nSPS) is 10.4. The van der Waals surface area contributed by atoms with E-state index < -0.39 is 5.82 Å². The van der Waals surface area contributed by atoms with Crippen LogP contribution in [0.2, 0.25) is 0 Å². The fourth-order valence-corrected chi connectivity index (χ4v) is 1.69. The highest BCUT2D eigenvalue weighted by atomic mass is 79.9. The van der Waals surface area contributed by atoms with Crippen molar-refractivity contribution in [3.63, 3.8) is 0 Å². The van der Waals surface area contributed by atoms with Gasteiger partial charge in [-0.25, -0.2) is 4.39 Å². The number of aryl methyl sites for hydroxylation is 1. The summed E-state index contributed by atoms with van der Waals surface area (Å²) in [4.78, 5) is 11.8. The van der Waals surface area contributed by atoms with Crippen LogP contribution in [0.1, 0.15) is 17.3 Å². The van der Waals surface area contributed by atoms with E-state index in [0.717, 1.165) is 6.54 Å². The summed E-state index contributed by atoms with van der Waals surface area (Å²) in [5.41, 5.74) is 0.852. The lowest BCUT2D eigenvalue weighted by molar-refractivity contribution is 0.102. The Morgan fingerprint density at radius 2 is 2.33 bits per heavy atom. The minimum Gasteiger partial charge on any atom is -0.319 e. The topological polar surface area (TPSA) is 46.9 Å². The Hall–Kier alpha value is -1.69. The monoisotopic (exact) mass is 311 g/mol. The maximum atomic E-state index is 13.3. The van der Waals surface area contributed by atoms with E-state index in [0.29, 0.717) is 10.2 Å². The second-order valence-electron chi connectivity index (χ2n) is 3.67. The van der Waals surface area contributed by atoms with Gasteiger partial charge in [-0.1, -0.05) is 0 Å². The van der Waals surface area contributed by atoms with Gasteiger partial charge in [-0.05, 0) is 41.1 Å². The van der Waals surface area contributed by atoms with Gasteiger partial charge in [0.15, 0.2) is 0 Å². The van der Waals surface area contributed by atoms with Gasteiger partial charge in [-0.15, -0.1) is 0 Å². The third-order valence-corrected chi connectivity index (χ3v) is 3.04. The molecule has 0 aliphatic heterocycles. The van der Waals surface area contributed by atoms with Crippen LogP contribution in [-0.4, -0.2) is 15.7 Å². The fraction of sp³-hybridized carbons (Fsp3) is 0.167. The van der Waals surface area contributed by atoms with Gasteiger partial charge < -0.3 is 5.32 Å². The molecule has 4 nitrogen and oxygen atoms in total. The van der Waals surface area contributed by atoms with E-state index in [1.54, 1.807) is 23.1 Å². The molecule has 2 aromatic rings. The zero-order chi connectivity index (χ0) is 13.1. The first-order valence-corrected chi connectivity index (χ1v) is 6.18. The molecule has 1 amide bonds. The van der Waals surface area contributed by atoms with E-state index >= 15 is 0 Å². The predicted molar refractivity (Wildman–Crippen MR) is 70.0 cm³/mol. The summed E-state index contributed by atoms with van der Waals surface area (Å²) >= 11 is 3.04. The van der Waals surface area contributed by atoms with Crippen molar-refractivity contribution in [1.29, 1.82) is 0 Å². The molecule has 18 heavy (non-hydrogen) atoms. The van der Waals surface area contributed by atoms with E-state index in [2.05, 4.69) is 26.3 Å². The van der Waals surface area contributed by atoms with Crippen molar-refractivity contribution in [1.82, 2.24) is 9.78 Å². The molecule has 1 aromatic carbocycles. The number of nitrogens with one attached hydrogen (secondary N) is 1. The molecule has 0 unspecified atom stereocenters. The largest absolute Gasteiger partial charge is 0.319 e. The Morgan fingerprint density at radius 3 is 2.94 bits per heavy atom. The molecule has 1 N–H and O–H groups in total. The first-order valence-electron chi connectivity index (χ1n) is 5.39. The molecule has 0 radical (unpaired) electrons. The molecule has 0 saturated heterocycles. The van der Waals surface area contributed by atoms with Crippen molar-refractivity contribution in [2.45, 2.75) is 13.5 Å². The zero-order valence-electron chi connectivity index (χ0n) is 9.65. The molecule has 94 valence electrons. The van der Waals surface area contributed by atoms with E-state index in [1.165, 1.54) is 12.1 Å². The van der Waals surface area contributed by atoms with Gasteiger partial charge in [-0.2, -0.15) is 5.10 Å². The average Bonchev–Trinajstić information content (AvgIpc) is 2.80. The van der Waals surface area contributed by atoms with Crippen molar-refractivity contribution in [2.75, 3.05) is 5.32 Å². The smallest absolute Gasteiger partial charge is 0.255 e. The number of amides is 1. The van der Waals surface area contributed by atoms with Gasteiger partial charge in [0, 0.05) is 18.3 Å². The van der Waals surface area contributed by atoms with Crippen molar-refractivity contribution >= 4 is 27.5 Å². The minimum absolute atomic E-state index is 0.264. The lowest BCUT2D eigenvalue weighted by Gasteiger charge is -2.03. The Kier molecular flexibility index (Phi) is 3.76. The van der Waals surface area contributed by atoms with Gasteiger partial charge >= 0.3 is 0 Å². The summed E-state index contributed by atoms with van der Waals surface area (Å²) in [5, 5.41) is 6.69. The first kappa shape index (κ1) is 12.8. The number of carbonyl (C=O) groups excluding carboxylic acids is 1. The average molecular weight is 312 g/mol. The maximum Gasteiger partial charge on any atom is 0.255 e. The Balaban J connectivity index is 2.14. The number of aromatic nitrogens is 2. The van der Waals surface area contributed by atoms with Crippen LogP contribution in [0.3, 0.4) is 0 Å². The molecule has 0 bridgehead atoms. The molecule has 0 atom stereocenters. The molecule has 0 saturated carbocycles. The van der Waals surface area contributed by atoms with Crippen LogP contribution in [0.25, 0.3) is 0 Å². The van der Waals surface area contributed by atoms with Crippen LogP contribution in [0.15, 0.2) is 35.1 Å². The standard InChI is InChI=1S/C12H11BrFN3O/c1-2-17-7-9(6-15-17)16-12(18)8-3-4-10(13)11(14)5-8/h3-7H,2H2,1H3,(H,16,18). The summed E-state index contributed by atoms with van der Waals surface area (Å²) in [5.74, 6) is -0.830. The van der Waals surface area contributed by atoms with E-state index in [-0.39, 0.29) is 11.5 Å².